The fourth-order valence-electron chi connectivity index (χ4n) is 4.59. The first-order valence-electron chi connectivity index (χ1n) is 10.4. The van der Waals surface area contributed by atoms with Crippen LogP contribution in [0.25, 0.3) is 0 Å². The molecule has 1 aromatic rings. The molecule has 0 N–H and O–H groups in total. The molecule has 0 radical (unpaired) electrons. The number of amides is 1. The lowest BCUT2D eigenvalue weighted by molar-refractivity contribution is -0.181. The molecular weight excluding hydrogens is 392 g/mol. The fourth-order valence-corrected chi connectivity index (χ4v) is 6.37. The molecule has 1 amide bonds. The van der Waals surface area contributed by atoms with Crippen molar-refractivity contribution < 1.29 is 22.7 Å². The molecule has 1 atom stereocenters. The lowest BCUT2D eigenvalue weighted by Gasteiger charge is -2.52. The number of ether oxygens (including phenoxy) is 2. The van der Waals surface area contributed by atoms with Gasteiger partial charge in [0.05, 0.1) is 16.6 Å². The Bertz CT molecular complexity index is 853. The minimum Gasteiger partial charge on any atom is -0.372 e. The van der Waals surface area contributed by atoms with Gasteiger partial charge < -0.3 is 14.4 Å². The van der Waals surface area contributed by atoms with E-state index in [2.05, 4.69) is 0 Å². The van der Waals surface area contributed by atoms with Gasteiger partial charge in [0, 0.05) is 39.2 Å². The van der Waals surface area contributed by atoms with Gasteiger partial charge >= 0.3 is 0 Å². The molecule has 0 aliphatic carbocycles. The van der Waals surface area contributed by atoms with E-state index in [1.54, 1.807) is 12.1 Å². The molecule has 3 aliphatic heterocycles. The van der Waals surface area contributed by atoms with Crippen LogP contribution >= 0.6 is 0 Å². The number of benzene rings is 1. The molecule has 160 valence electrons. The van der Waals surface area contributed by atoms with Crippen LogP contribution in [0.5, 0.6) is 0 Å². The van der Waals surface area contributed by atoms with E-state index in [9.17, 15) is 13.2 Å². The molecule has 8 heteroatoms. The molecule has 4 rings (SSSR count). The Kier molecular flexibility index (Phi) is 5.72. The van der Waals surface area contributed by atoms with Crippen LogP contribution in [0.4, 0.5) is 0 Å². The highest BCUT2D eigenvalue weighted by molar-refractivity contribution is 7.89. The highest BCUT2D eigenvalue weighted by Gasteiger charge is 2.52. The molecule has 7 nitrogen and oxygen atoms in total. The number of carbonyl (C=O) groups excluding carboxylic acids is 1. The minimum absolute atomic E-state index is 0.0515. The van der Waals surface area contributed by atoms with Gasteiger partial charge in [-0.25, -0.2) is 8.42 Å². The maximum absolute atomic E-state index is 13.0. The monoisotopic (exact) mass is 422 g/mol. The first-order valence-corrected chi connectivity index (χ1v) is 11.8. The second-order valence-electron chi connectivity index (χ2n) is 8.64. The molecule has 1 aromatic carbocycles. The summed E-state index contributed by atoms with van der Waals surface area (Å²) in [6, 6.07) is 5.39. The van der Waals surface area contributed by atoms with E-state index in [1.807, 2.05) is 24.8 Å². The second kappa shape index (κ2) is 7.98. The molecule has 3 saturated heterocycles. The number of nitrogens with zero attached hydrogens (tertiary/aromatic N) is 2. The predicted molar refractivity (Wildman–Crippen MR) is 108 cm³/mol. The number of aryl methyl sites for hydroxylation is 2. The third-order valence-electron chi connectivity index (χ3n) is 6.11. The normalized spacial score (nSPS) is 24.6. The SMILES string of the molecule is Cc1cc(C)cc(S(=O)(=O)N2CC3(C[C@@H](OCC(=O)N4CCCC4)CCO3)C2)c1. The van der Waals surface area contributed by atoms with Crippen LogP contribution in [-0.4, -0.2) is 74.6 Å². The Balaban J connectivity index is 1.34. The van der Waals surface area contributed by atoms with Crippen molar-refractivity contribution in [3.05, 3.63) is 29.3 Å². The summed E-state index contributed by atoms with van der Waals surface area (Å²) in [6.45, 7) is 6.75. The van der Waals surface area contributed by atoms with Gasteiger partial charge in [0.15, 0.2) is 0 Å². The van der Waals surface area contributed by atoms with Gasteiger partial charge in [0.1, 0.15) is 6.61 Å². The third kappa shape index (κ3) is 4.35. The molecule has 0 aromatic heterocycles. The summed E-state index contributed by atoms with van der Waals surface area (Å²) < 4.78 is 39.3. The van der Waals surface area contributed by atoms with E-state index < -0.39 is 15.6 Å². The Morgan fingerprint density at radius 2 is 1.83 bits per heavy atom. The quantitative estimate of drug-likeness (QED) is 0.724. The zero-order valence-electron chi connectivity index (χ0n) is 17.2. The Hall–Kier alpha value is -1.48. The van der Waals surface area contributed by atoms with Crippen molar-refractivity contribution in [2.24, 2.45) is 0 Å². The van der Waals surface area contributed by atoms with Crippen LogP contribution in [0.2, 0.25) is 0 Å². The molecular formula is C21H30N2O5S. The van der Waals surface area contributed by atoms with Crippen molar-refractivity contribution in [2.45, 2.75) is 56.1 Å². The van der Waals surface area contributed by atoms with Crippen molar-refractivity contribution in [1.29, 1.82) is 0 Å². The highest BCUT2D eigenvalue weighted by Crippen LogP contribution is 2.38. The lowest BCUT2D eigenvalue weighted by atomic mass is 9.86. The number of hydrogen-bond acceptors (Lipinski definition) is 5. The summed E-state index contributed by atoms with van der Waals surface area (Å²) in [5.74, 6) is 0.0515. The molecule has 1 spiro atoms. The number of sulfonamides is 1. The Labute approximate surface area is 173 Å². The molecule has 3 heterocycles. The highest BCUT2D eigenvalue weighted by atomic mass is 32.2. The zero-order chi connectivity index (χ0) is 20.6. The molecule has 29 heavy (non-hydrogen) atoms. The van der Waals surface area contributed by atoms with E-state index in [1.165, 1.54) is 4.31 Å². The molecule has 0 saturated carbocycles. The van der Waals surface area contributed by atoms with Gasteiger partial charge in [0.2, 0.25) is 15.9 Å². The van der Waals surface area contributed by atoms with Gasteiger partial charge in [-0.2, -0.15) is 4.31 Å². The molecule has 0 bridgehead atoms. The maximum atomic E-state index is 13.0. The third-order valence-corrected chi connectivity index (χ3v) is 7.88. The summed E-state index contributed by atoms with van der Waals surface area (Å²) in [4.78, 5) is 14.4. The lowest BCUT2D eigenvalue weighted by Crippen LogP contribution is -2.67. The molecule has 3 fully saturated rings. The van der Waals surface area contributed by atoms with Crippen molar-refractivity contribution in [1.82, 2.24) is 9.21 Å². The predicted octanol–water partition coefficient (Wildman–Crippen LogP) is 1.86. The maximum Gasteiger partial charge on any atom is 0.248 e. The van der Waals surface area contributed by atoms with E-state index in [4.69, 9.17) is 9.47 Å². The summed E-state index contributed by atoms with van der Waals surface area (Å²) in [6.07, 6.45) is 3.42. The van der Waals surface area contributed by atoms with Crippen molar-refractivity contribution in [3.8, 4) is 0 Å². The van der Waals surface area contributed by atoms with Crippen molar-refractivity contribution >= 4 is 15.9 Å². The van der Waals surface area contributed by atoms with E-state index in [0.29, 0.717) is 31.0 Å². The average molecular weight is 423 g/mol. The largest absolute Gasteiger partial charge is 0.372 e. The van der Waals surface area contributed by atoms with Crippen LogP contribution in [0, 0.1) is 13.8 Å². The van der Waals surface area contributed by atoms with Crippen LogP contribution in [0.15, 0.2) is 23.1 Å². The second-order valence-corrected chi connectivity index (χ2v) is 10.6. The summed E-state index contributed by atoms with van der Waals surface area (Å²) >= 11 is 0. The topological polar surface area (TPSA) is 76.2 Å². The number of rotatable bonds is 5. The number of carbonyl (C=O) groups is 1. The van der Waals surface area contributed by atoms with E-state index in [-0.39, 0.29) is 18.6 Å². The van der Waals surface area contributed by atoms with Crippen LogP contribution in [0.1, 0.15) is 36.8 Å². The van der Waals surface area contributed by atoms with Gasteiger partial charge in [-0.1, -0.05) is 6.07 Å². The standard InChI is InChI=1S/C21H30N2O5S/c1-16-9-17(2)11-19(10-16)29(25,26)23-14-21(15-23)12-18(5-8-28-21)27-13-20(24)22-6-3-4-7-22/h9-11,18H,3-8,12-15H2,1-2H3/t18-/m0/s1. The van der Waals surface area contributed by atoms with Crippen LogP contribution < -0.4 is 0 Å². The molecule has 0 unspecified atom stereocenters. The summed E-state index contributed by atoms with van der Waals surface area (Å²) in [7, 11) is -3.53. The van der Waals surface area contributed by atoms with E-state index in [0.717, 1.165) is 43.5 Å². The first-order chi connectivity index (χ1) is 13.8. The first kappa shape index (κ1) is 20.8. The number of likely N-dealkylation sites (tertiary alicyclic amines) is 1. The van der Waals surface area contributed by atoms with Gasteiger partial charge in [-0.05, 0) is 56.4 Å². The smallest absolute Gasteiger partial charge is 0.248 e. The van der Waals surface area contributed by atoms with E-state index >= 15 is 0 Å². The minimum atomic E-state index is -3.53. The average Bonchev–Trinajstić information content (AvgIpc) is 3.18. The Morgan fingerprint density at radius 3 is 2.48 bits per heavy atom. The van der Waals surface area contributed by atoms with Crippen LogP contribution in [0.3, 0.4) is 0 Å². The van der Waals surface area contributed by atoms with Gasteiger partial charge in [-0.3, -0.25) is 4.79 Å². The number of hydrogen-bond donors (Lipinski definition) is 0. The van der Waals surface area contributed by atoms with Crippen LogP contribution in [-0.2, 0) is 24.3 Å². The van der Waals surface area contributed by atoms with Crippen molar-refractivity contribution in [3.63, 3.8) is 0 Å². The molecule has 3 aliphatic rings. The van der Waals surface area contributed by atoms with Crippen molar-refractivity contribution in [2.75, 3.05) is 39.4 Å². The zero-order valence-corrected chi connectivity index (χ0v) is 18.0. The summed E-state index contributed by atoms with van der Waals surface area (Å²) in [5, 5.41) is 0. The van der Waals surface area contributed by atoms with Gasteiger partial charge in [0.25, 0.3) is 0 Å². The summed E-state index contributed by atoms with van der Waals surface area (Å²) in [5.41, 5.74) is 1.37. The fraction of sp³-hybridized carbons (Fsp3) is 0.667. The van der Waals surface area contributed by atoms with Gasteiger partial charge in [-0.15, -0.1) is 0 Å². The Morgan fingerprint density at radius 1 is 1.17 bits per heavy atom.